The Kier molecular flexibility index (Phi) is 4.40. The summed E-state index contributed by atoms with van der Waals surface area (Å²) in [5.41, 5.74) is 1.39. The average Bonchev–Trinajstić information content (AvgIpc) is 2.57. The van der Waals surface area contributed by atoms with Crippen LogP contribution >= 0.6 is 8.81 Å². The second-order valence-corrected chi connectivity index (χ2v) is 8.35. The summed E-state index contributed by atoms with van der Waals surface area (Å²) < 4.78 is 6.21. The van der Waals surface area contributed by atoms with Gasteiger partial charge in [0.25, 0.3) is 0 Å². The van der Waals surface area contributed by atoms with Gasteiger partial charge in [-0.05, 0) is 24.3 Å². The van der Waals surface area contributed by atoms with Gasteiger partial charge in [-0.3, -0.25) is 0 Å². The molecular weight excluding hydrogens is 279 g/mol. The molecule has 2 unspecified atom stereocenters. The molecule has 0 spiro atoms. The molecule has 0 radical (unpaired) electrons. The van der Waals surface area contributed by atoms with Crippen molar-refractivity contribution in [1.29, 1.82) is 0 Å². The summed E-state index contributed by atoms with van der Waals surface area (Å²) in [7, 11) is 0.549. The van der Waals surface area contributed by atoms with Gasteiger partial charge >= 0.3 is 0 Å². The second-order valence-electron chi connectivity index (χ2n) is 7.25. The Labute approximate surface area is 130 Å². The molecule has 0 N–H and O–H groups in total. The van der Waals surface area contributed by atoms with Gasteiger partial charge in [0, 0.05) is 18.3 Å². The molecule has 3 heterocycles. The van der Waals surface area contributed by atoms with E-state index in [2.05, 4.69) is 36.7 Å². The predicted octanol–water partition coefficient (Wildman–Crippen LogP) is 4.85. The maximum Gasteiger partial charge on any atom is 0.172 e. The third kappa shape index (κ3) is 3.18. The predicted molar refractivity (Wildman–Crippen MR) is 90.7 cm³/mol. The van der Waals surface area contributed by atoms with E-state index in [1.165, 1.54) is 44.1 Å². The van der Waals surface area contributed by atoms with Crippen LogP contribution in [0, 0.1) is 0 Å². The molecule has 2 aliphatic heterocycles. The van der Waals surface area contributed by atoms with E-state index in [4.69, 9.17) is 4.52 Å². The molecule has 0 amide bonds. The van der Waals surface area contributed by atoms with Gasteiger partial charge in [0.15, 0.2) is 11.6 Å². The molecule has 4 heteroatoms. The van der Waals surface area contributed by atoms with Gasteiger partial charge in [-0.25, -0.2) is 4.98 Å². The lowest BCUT2D eigenvalue weighted by atomic mass is 9.87. The van der Waals surface area contributed by atoms with Gasteiger partial charge in [0.2, 0.25) is 0 Å². The third-order valence-electron chi connectivity index (χ3n) is 4.52. The highest BCUT2D eigenvalue weighted by Crippen LogP contribution is 2.48. The number of nitrogens with zero attached hydrogens (tertiary/aromatic N) is 2. The summed E-state index contributed by atoms with van der Waals surface area (Å²) in [6.45, 7) is 7.88. The first-order valence-corrected chi connectivity index (χ1v) is 9.24. The van der Waals surface area contributed by atoms with E-state index >= 15 is 0 Å². The Bertz CT molecular complexity index is 498. The fourth-order valence-corrected chi connectivity index (χ4v) is 4.45. The zero-order valence-corrected chi connectivity index (χ0v) is 14.5. The van der Waals surface area contributed by atoms with Gasteiger partial charge in [0.1, 0.15) is 0 Å². The van der Waals surface area contributed by atoms with Crippen LogP contribution in [0.2, 0.25) is 0 Å². The number of hydrogen-bond acceptors (Lipinski definition) is 3. The number of rotatable bonds is 0. The van der Waals surface area contributed by atoms with Crippen molar-refractivity contribution in [1.82, 2.24) is 4.98 Å². The quantitative estimate of drug-likeness (QED) is 0.641. The smallest absolute Gasteiger partial charge is 0.172 e. The normalized spacial score (nSPS) is 24.3. The summed E-state index contributed by atoms with van der Waals surface area (Å²) in [5, 5.41) is 0. The Morgan fingerprint density at radius 2 is 1.95 bits per heavy atom. The molecule has 3 nitrogen and oxygen atoms in total. The molecule has 0 saturated carbocycles. The molecule has 2 aliphatic rings. The lowest BCUT2D eigenvalue weighted by molar-refractivity contribution is 0.506. The van der Waals surface area contributed by atoms with Gasteiger partial charge in [-0.15, -0.1) is 0 Å². The topological polar surface area (TPSA) is 25.4 Å². The molecule has 3 rings (SSSR count). The van der Waals surface area contributed by atoms with Crippen molar-refractivity contribution in [2.75, 3.05) is 11.4 Å². The summed E-state index contributed by atoms with van der Waals surface area (Å²) in [6, 6.07) is 2.12. The molecule has 21 heavy (non-hydrogen) atoms. The number of hydrogen-bond donors (Lipinski definition) is 0. The van der Waals surface area contributed by atoms with Crippen molar-refractivity contribution in [3.05, 3.63) is 17.8 Å². The van der Waals surface area contributed by atoms with Crippen LogP contribution in [0.4, 0.5) is 5.82 Å². The minimum absolute atomic E-state index is 0.101. The monoisotopic (exact) mass is 306 g/mol. The fourth-order valence-electron chi connectivity index (χ4n) is 3.30. The summed E-state index contributed by atoms with van der Waals surface area (Å²) in [4.78, 5) is 7.23. The third-order valence-corrected chi connectivity index (χ3v) is 5.71. The highest BCUT2D eigenvalue weighted by atomic mass is 31.1. The van der Waals surface area contributed by atoms with Crippen molar-refractivity contribution in [2.24, 2.45) is 0 Å². The van der Waals surface area contributed by atoms with Crippen molar-refractivity contribution < 1.29 is 4.52 Å². The van der Waals surface area contributed by atoms with Gasteiger partial charge in [-0.2, -0.15) is 0 Å². The fraction of sp³-hybridized carbons (Fsp3) is 0.706. The number of aromatic nitrogens is 1. The van der Waals surface area contributed by atoms with Crippen LogP contribution in [-0.4, -0.2) is 17.3 Å². The summed E-state index contributed by atoms with van der Waals surface area (Å²) in [5.74, 6) is 2.67. The first-order chi connectivity index (χ1) is 10.1. The van der Waals surface area contributed by atoms with E-state index in [0.717, 1.165) is 18.1 Å². The maximum absolute atomic E-state index is 6.21. The van der Waals surface area contributed by atoms with Crippen LogP contribution in [-0.2, 0) is 5.41 Å². The molecule has 2 atom stereocenters. The van der Waals surface area contributed by atoms with Crippen LogP contribution in [0.1, 0.15) is 64.9 Å². The van der Waals surface area contributed by atoms with Gasteiger partial charge in [0.05, 0.1) is 14.6 Å². The second kappa shape index (κ2) is 6.12. The summed E-state index contributed by atoms with van der Waals surface area (Å²) >= 11 is 0. The minimum atomic E-state index is 0.101. The zero-order chi connectivity index (χ0) is 14.9. The van der Waals surface area contributed by atoms with Crippen molar-refractivity contribution in [2.45, 2.75) is 70.5 Å². The molecule has 0 bridgehead atoms. The molecule has 1 aromatic heterocycles. The Morgan fingerprint density at radius 3 is 2.76 bits per heavy atom. The number of fused-ring (bicyclic) bond motifs is 3. The van der Waals surface area contributed by atoms with E-state index in [0.29, 0.717) is 14.6 Å². The van der Waals surface area contributed by atoms with E-state index in [1.807, 2.05) is 6.20 Å². The standard InChI is InChI=1S/C17H27N2OP/c1-17(2,3)13-10-11-18-16-15(13)20-21-14-9-7-5-4-6-8-12-19(14)16/h10-11,14,21H,4-9,12H2,1-3H3. The van der Waals surface area contributed by atoms with Crippen LogP contribution in [0.15, 0.2) is 12.3 Å². The van der Waals surface area contributed by atoms with Crippen molar-refractivity contribution >= 4 is 14.6 Å². The maximum atomic E-state index is 6.21. The first kappa shape index (κ1) is 15.1. The SMILES string of the molecule is CC(C)(C)c1ccnc2c1OPC1CCCCCCCN21. The first-order valence-electron chi connectivity index (χ1n) is 8.26. The molecular formula is C17H27N2OP. The van der Waals surface area contributed by atoms with Gasteiger partial charge in [-0.1, -0.05) is 46.5 Å². The van der Waals surface area contributed by atoms with E-state index in [1.54, 1.807) is 0 Å². The lowest BCUT2D eigenvalue weighted by Crippen LogP contribution is -2.37. The highest BCUT2D eigenvalue weighted by Gasteiger charge is 2.33. The minimum Gasteiger partial charge on any atom is -0.471 e. The van der Waals surface area contributed by atoms with Crippen molar-refractivity contribution in [3.8, 4) is 5.75 Å². The Morgan fingerprint density at radius 1 is 1.19 bits per heavy atom. The summed E-state index contributed by atoms with van der Waals surface area (Å²) in [6.07, 6.45) is 9.92. The van der Waals surface area contributed by atoms with Crippen LogP contribution in [0.3, 0.4) is 0 Å². The van der Waals surface area contributed by atoms with Crippen LogP contribution in [0.5, 0.6) is 5.75 Å². The molecule has 1 aromatic rings. The van der Waals surface area contributed by atoms with E-state index < -0.39 is 0 Å². The van der Waals surface area contributed by atoms with Crippen LogP contribution < -0.4 is 9.42 Å². The molecule has 116 valence electrons. The average molecular weight is 306 g/mol. The largest absolute Gasteiger partial charge is 0.471 e. The number of pyridine rings is 1. The Balaban J connectivity index is 1.96. The molecule has 0 aliphatic carbocycles. The molecule has 1 fully saturated rings. The van der Waals surface area contributed by atoms with Crippen molar-refractivity contribution in [3.63, 3.8) is 0 Å². The van der Waals surface area contributed by atoms with Gasteiger partial charge < -0.3 is 9.42 Å². The zero-order valence-electron chi connectivity index (χ0n) is 13.5. The van der Waals surface area contributed by atoms with Crippen LogP contribution in [0.25, 0.3) is 0 Å². The number of anilines is 1. The van der Waals surface area contributed by atoms with E-state index in [-0.39, 0.29) is 5.41 Å². The highest BCUT2D eigenvalue weighted by molar-refractivity contribution is 7.34. The van der Waals surface area contributed by atoms with E-state index in [9.17, 15) is 0 Å². The lowest BCUT2D eigenvalue weighted by Gasteiger charge is -2.39. The Hall–Kier alpha value is -0.820. The molecule has 0 aromatic carbocycles. The molecule has 1 saturated heterocycles.